The van der Waals surface area contributed by atoms with Crippen molar-refractivity contribution in [2.24, 2.45) is 0 Å². The van der Waals surface area contributed by atoms with Gasteiger partial charge in [-0.25, -0.2) is 13.6 Å². The SMILES string of the molecule is CC(C)(C)N1CC2(CC(F)(F)C2)NC1=O. The molecule has 0 radical (unpaired) electrons. The van der Waals surface area contributed by atoms with Crippen molar-refractivity contribution in [2.75, 3.05) is 6.54 Å². The molecule has 0 atom stereocenters. The third-order valence-corrected chi connectivity index (χ3v) is 3.08. The monoisotopic (exact) mass is 218 g/mol. The Kier molecular flexibility index (Phi) is 1.86. The zero-order valence-electron chi connectivity index (χ0n) is 9.23. The van der Waals surface area contributed by atoms with E-state index in [9.17, 15) is 13.6 Å². The molecule has 0 unspecified atom stereocenters. The van der Waals surface area contributed by atoms with Gasteiger partial charge in [-0.15, -0.1) is 0 Å². The van der Waals surface area contributed by atoms with Crippen LogP contribution in [-0.4, -0.2) is 34.5 Å². The number of hydrogen-bond donors (Lipinski definition) is 1. The van der Waals surface area contributed by atoms with Crippen molar-refractivity contribution >= 4 is 6.03 Å². The highest BCUT2D eigenvalue weighted by molar-refractivity contribution is 5.79. The molecule has 1 heterocycles. The summed E-state index contributed by atoms with van der Waals surface area (Å²) in [6.07, 6.45) is -0.448. The number of hydrogen-bond acceptors (Lipinski definition) is 1. The molecule has 1 saturated heterocycles. The second-order valence-corrected chi connectivity index (χ2v) is 5.68. The first-order valence-electron chi connectivity index (χ1n) is 5.11. The van der Waals surface area contributed by atoms with E-state index in [-0.39, 0.29) is 24.4 Å². The van der Waals surface area contributed by atoms with E-state index in [1.165, 1.54) is 0 Å². The van der Waals surface area contributed by atoms with Crippen LogP contribution in [0.25, 0.3) is 0 Å². The second-order valence-electron chi connectivity index (χ2n) is 5.68. The van der Waals surface area contributed by atoms with Crippen LogP contribution >= 0.6 is 0 Å². The molecule has 86 valence electrons. The van der Waals surface area contributed by atoms with Gasteiger partial charge in [0.05, 0.1) is 5.54 Å². The highest BCUT2D eigenvalue weighted by Crippen LogP contribution is 2.48. The molecule has 1 spiro atoms. The summed E-state index contributed by atoms with van der Waals surface area (Å²) in [7, 11) is 0. The van der Waals surface area contributed by atoms with Crippen LogP contribution in [0.5, 0.6) is 0 Å². The first-order valence-corrected chi connectivity index (χ1v) is 5.11. The summed E-state index contributed by atoms with van der Waals surface area (Å²) in [6, 6.07) is -0.224. The Bertz CT molecular complexity index is 301. The zero-order valence-corrected chi connectivity index (χ0v) is 9.23. The predicted octanol–water partition coefficient (Wildman–Crippen LogP) is 1.98. The Morgan fingerprint density at radius 2 is 1.87 bits per heavy atom. The molecule has 3 nitrogen and oxygen atoms in total. The van der Waals surface area contributed by atoms with Crippen LogP contribution in [0, 0.1) is 0 Å². The normalized spacial score (nSPS) is 27.8. The summed E-state index contributed by atoms with van der Waals surface area (Å²) in [5, 5.41) is 2.69. The molecule has 15 heavy (non-hydrogen) atoms. The lowest BCUT2D eigenvalue weighted by Gasteiger charge is -2.44. The summed E-state index contributed by atoms with van der Waals surface area (Å²) in [4.78, 5) is 13.2. The maximum absolute atomic E-state index is 12.8. The molecule has 0 aromatic heterocycles. The first kappa shape index (κ1) is 10.6. The smallest absolute Gasteiger partial charge is 0.318 e. The standard InChI is InChI=1S/C10H16F2N2O/c1-8(2,3)14-6-9(13-7(14)15)4-10(11,12)5-9/h4-6H2,1-3H3,(H,13,15). The van der Waals surface area contributed by atoms with Gasteiger partial charge in [-0.2, -0.15) is 0 Å². The fourth-order valence-corrected chi connectivity index (χ4v) is 2.39. The third-order valence-electron chi connectivity index (χ3n) is 3.08. The molecule has 0 bridgehead atoms. The Labute approximate surface area is 87.8 Å². The van der Waals surface area contributed by atoms with Crippen molar-refractivity contribution in [3.63, 3.8) is 0 Å². The van der Waals surface area contributed by atoms with Gasteiger partial charge in [0, 0.05) is 24.9 Å². The van der Waals surface area contributed by atoms with Gasteiger partial charge in [0.1, 0.15) is 0 Å². The second kappa shape index (κ2) is 2.62. The quantitative estimate of drug-likeness (QED) is 0.662. The van der Waals surface area contributed by atoms with Crippen LogP contribution < -0.4 is 5.32 Å². The van der Waals surface area contributed by atoms with Gasteiger partial charge in [0.15, 0.2) is 0 Å². The van der Waals surface area contributed by atoms with E-state index >= 15 is 0 Å². The molecule has 1 aliphatic carbocycles. The van der Waals surface area contributed by atoms with E-state index in [4.69, 9.17) is 0 Å². The number of carbonyl (C=O) groups excluding carboxylic acids is 1. The lowest BCUT2D eigenvalue weighted by Crippen LogP contribution is -2.60. The average molecular weight is 218 g/mol. The fraction of sp³-hybridized carbons (Fsp3) is 0.900. The fourth-order valence-electron chi connectivity index (χ4n) is 2.39. The molecule has 0 aromatic carbocycles. The minimum absolute atomic E-state index is 0.224. The van der Waals surface area contributed by atoms with Crippen molar-refractivity contribution in [3.8, 4) is 0 Å². The van der Waals surface area contributed by atoms with Gasteiger partial charge >= 0.3 is 6.03 Å². The number of amides is 2. The van der Waals surface area contributed by atoms with Gasteiger partial charge in [-0.1, -0.05) is 0 Å². The number of nitrogens with zero attached hydrogens (tertiary/aromatic N) is 1. The molecule has 1 saturated carbocycles. The van der Waals surface area contributed by atoms with Crippen LogP contribution in [0.15, 0.2) is 0 Å². The lowest BCUT2D eigenvalue weighted by atomic mass is 9.74. The van der Waals surface area contributed by atoms with Gasteiger partial charge in [-0.3, -0.25) is 0 Å². The molecule has 5 heteroatoms. The molecule has 2 rings (SSSR count). The van der Waals surface area contributed by atoms with Crippen molar-refractivity contribution < 1.29 is 13.6 Å². The molecule has 1 aliphatic heterocycles. The topological polar surface area (TPSA) is 32.3 Å². The number of halogens is 2. The van der Waals surface area contributed by atoms with Crippen molar-refractivity contribution in [1.82, 2.24) is 10.2 Å². The van der Waals surface area contributed by atoms with E-state index in [2.05, 4.69) is 5.32 Å². The largest absolute Gasteiger partial charge is 0.330 e. The van der Waals surface area contributed by atoms with Crippen LogP contribution in [0.3, 0.4) is 0 Å². The maximum atomic E-state index is 12.8. The average Bonchev–Trinajstić information content (AvgIpc) is 2.22. The number of carbonyl (C=O) groups is 1. The third kappa shape index (κ3) is 1.68. The van der Waals surface area contributed by atoms with Gasteiger partial charge in [0.2, 0.25) is 0 Å². The number of rotatable bonds is 0. The summed E-state index contributed by atoms with van der Waals surface area (Å²) >= 11 is 0. The van der Waals surface area contributed by atoms with E-state index in [1.807, 2.05) is 20.8 Å². The number of nitrogens with one attached hydrogen (secondary N) is 1. The number of alkyl halides is 2. The molecule has 1 N–H and O–H groups in total. The number of urea groups is 1. The molecular formula is C10H16F2N2O. The van der Waals surface area contributed by atoms with Gasteiger partial charge in [-0.05, 0) is 20.8 Å². The minimum Gasteiger partial charge on any atom is -0.330 e. The van der Waals surface area contributed by atoms with E-state index in [0.29, 0.717) is 6.54 Å². The van der Waals surface area contributed by atoms with Gasteiger partial charge < -0.3 is 10.2 Å². The summed E-state index contributed by atoms with van der Waals surface area (Å²) in [6.45, 7) is 6.11. The molecule has 2 aliphatic rings. The summed E-state index contributed by atoms with van der Waals surface area (Å²) < 4.78 is 25.6. The Balaban J connectivity index is 2.09. The zero-order chi connectivity index (χ0) is 11.5. The lowest BCUT2D eigenvalue weighted by molar-refractivity contribution is -0.127. The highest BCUT2D eigenvalue weighted by atomic mass is 19.3. The molecule has 2 fully saturated rings. The Morgan fingerprint density at radius 3 is 2.20 bits per heavy atom. The van der Waals surface area contributed by atoms with Crippen LogP contribution in [-0.2, 0) is 0 Å². The summed E-state index contributed by atoms with van der Waals surface area (Å²) in [5.74, 6) is -2.60. The maximum Gasteiger partial charge on any atom is 0.318 e. The van der Waals surface area contributed by atoms with Crippen LogP contribution in [0.2, 0.25) is 0 Å². The van der Waals surface area contributed by atoms with E-state index in [1.54, 1.807) is 4.90 Å². The van der Waals surface area contributed by atoms with Gasteiger partial charge in [0.25, 0.3) is 5.92 Å². The van der Waals surface area contributed by atoms with Crippen LogP contribution in [0.4, 0.5) is 13.6 Å². The Morgan fingerprint density at radius 1 is 1.33 bits per heavy atom. The Hall–Kier alpha value is -0.870. The molecular weight excluding hydrogens is 202 g/mol. The van der Waals surface area contributed by atoms with E-state index in [0.717, 1.165) is 0 Å². The van der Waals surface area contributed by atoms with Crippen LogP contribution in [0.1, 0.15) is 33.6 Å². The van der Waals surface area contributed by atoms with Crippen molar-refractivity contribution in [1.29, 1.82) is 0 Å². The first-order chi connectivity index (χ1) is 6.64. The van der Waals surface area contributed by atoms with Crippen molar-refractivity contribution in [3.05, 3.63) is 0 Å². The van der Waals surface area contributed by atoms with Crippen molar-refractivity contribution in [2.45, 2.75) is 50.6 Å². The minimum atomic E-state index is -2.60. The molecule has 0 aromatic rings. The molecule has 2 amide bonds. The van der Waals surface area contributed by atoms with E-state index < -0.39 is 11.5 Å². The predicted molar refractivity (Wildman–Crippen MR) is 51.9 cm³/mol. The summed E-state index contributed by atoms with van der Waals surface area (Å²) in [5.41, 5.74) is -0.980. The highest BCUT2D eigenvalue weighted by Gasteiger charge is 2.62.